The first-order valence-electron chi connectivity index (χ1n) is 10.3. The summed E-state index contributed by atoms with van der Waals surface area (Å²) in [5, 5.41) is 7.72. The van der Waals surface area contributed by atoms with Gasteiger partial charge in [-0.25, -0.2) is 9.18 Å². The predicted octanol–water partition coefficient (Wildman–Crippen LogP) is 6.33. The Bertz CT molecular complexity index is 1430. The van der Waals surface area contributed by atoms with Gasteiger partial charge in [0.1, 0.15) is 5.82 Å². The highest BCUT2D eigenvalue weighted by Gasteiger charge is 2.14. The summed E-state index contributed by atoms with van der Waals surface area (Å²) in [6, 6.07) is 23.5. The minimum absolute atomic E-state index is 0.349. The standard InChI is InChI=1S/C26H21FN4O/c1-17-25-22(13-14-28-17)23-15-21(30-26(32)29-20-9-7-19(27)8-10-20)11-12-24(23)31(25)16-18-5-3-2-4-6-18/h2-15H,16H2,1H3,(H2,29,30,32). The van der Waals surface area contributed by atoms with Crippen LogP contribution in [0.3, 0.4) is 0 Å². The number of nitrogens with one attached hydrogen (secondary N) is 2. The van der Waals surface area contributed by atoms with Gasteiger partial charge in [-0.05, 0) is 61.0 Å². The summed E-state index contributed by atoms with van der Waals surface area (Å²) < 4.78 is 15.3. The van der Waals surface area contributed by atoms with Crippen LogP contribution < -0.4 is 10.6 Å². The molecule has 5 aromatic rings. The molecule has 0 atom stereocenters. The lowest BCUT2D eigenvalue weighted by Gasteiger charge is -2.10. The fourth-order valence-corrected chi connectivity index (χ4v) is 4.06. The second kappa shape index (κ2) is 8.15. The molecule has 3 aromatic carbocycles. The van der Waals surface area contributed by atoms with Crippen LogP contribution in [-0.2, 0) is 6.54 Å². The molecule has 0 aliphatic heterocycles. The predicted molar refractivity (Wildman–Crippen MR) is 127 cm³/mol. The Balaban J connectivity index is 1.51. The van der Waals surface area contributed by atoms with E-state index in [0.717, 1.165) is 34.0 Å². The van der Waals surface area contributed by atoms with Crippen molar-refractivity contribution >= 4 is 39.2 Å². The summed E-state index contributed by atoms with van der Waals surface area (Å²) in [5.41, 5.74) is 5.51. The fourth-order valence-electron chi connectivity index (χ4n) is 4.06. The average molecular weight is 424 g/mol. The molecule has 0 saturated heterocycles. The molecule has 0 spiro atoms. The van der Waals surface area contributed by atoms with Crippen molar-refractivity contribution in [2.75, 3.05) is 10.6 Å². The largest absolute Gasteiger partial charge is 0.334 e. The van der Waals surface area contributed by atoms with Gasteiger partial charge in [-0.2, -0.15) is 0 Å². The molecule has 0 saturated carbocycles. The topological polar surface area (TPSA) is 59.0 Å². The van der Waals surface area contributed by atoms with E-state index >= 15 is 0 Å². The smallest absolute Gasteiger partial charge is 0.323 e. The summed E-state index contributed by atoms with van der Waals surface area (Å²) in [7, 11) is 0. The summed E-state index contributed by atoms with van der Waals surface area (Å²) in [4.78, 5) is 16.9. The van der Waals surface area contributed by atoms with Gasteiger partial charge in [0.05, 0.1) is 11.2 Å². The van der Waals surface area contributed by atoms with Crippen molar-refractivity contribution in [3.8, 4) is 0 Å². The van der Waals surface area contributed by atoms with E-state index in [9.17, 15) is 9.18 Å². The zero-order chi connectivity index (χ0) is 22.1. The van der Waals surface area contributed by atoms with Crippen molar-refractivity contribution in [3.05, 3.63) is 102 Å². The van der Waals surface area contributed by atoms with Gasteiger partial charge >= 0.3 is 6.03 Å². The molecule has 2 aromatic heterocycles. The van der Waals surface area contributed by atoms with Gasteiger partial charge in [0.25, 0.3) is 0 Å². The number of carbonyl (C=O) groups excluding carboxylic acids is 1. The van der Waals surface area contributed by atoms with Crippen LogP contribution in [0.1, 0.15) is 11.3 Å². The van der Waals surface area contributed by atoms with Crippen molar-refractivity contribution in [2.24, 2.45) is 0 Å². The molecule has 6 heteroatoms. The summed E-state index contributed by atoms with van der Waals surface area (Å²) in [5.74, 6) is -0.349. The first kappa shape index (κ1) is 19.8. The van der Waals surface area contributed by atoms with E-state index in [4.69, 9.17) is 0 Å². The van der Waals surface area contributed by atoms with Crippen LogP contribution in [0, 0.1) is 12.7 Å². The number of aryl methyl sites for hydroxylation is 1. The Labute approximate surface area is 184 Å². The molecule has 0 radical (unpaired) electrons. The maximum absolute atomic E-state index is 13.1. The number of nitrogens with zero attached hydrogens (tertiary/aromatic N) is 2. The van der Waals surface area contributed by atoms with Crippen LogP contribution in [0.4, 0.5) is 20.6 Å². The first-order chi connectivity index (χ1) is 15.6. The number of halogens is 1. The second-order valence-electron chi connectivity index (χ2n) is 7.68. The van der Waals surface area contributed by atoms with Crippen LogP contribution in [0.15, 0.2) is 85.1 Å². The van der Waals surface area contributed by atoms with Crippen LogP contribution in [0.25, 0.3) is 21.8 Å². The number of amides is 2. The third kappa shape index (κ3) is 3.78. The van der Waals surface area contributed by atoms with Crippen LogP contribution in [-0.4, -0.2) is 15.6 Å². The lowest BCUT2D eigenvalue weighted by molar-refractivity contribution is 0.262. The minimum Gasteiger partial charge on any atom is -0.334 e. The minimum atomic E-state index is -0.387. The number of urea groups is 1. The number of aromatic nitrogens is 2. The molecule has 0 bridgehead atoms. The van der Waals surface area contributed by atoms with Gasteiger partial charge in [-0.3, -0.25) is 4.98 Å². The fraction of sp³-hybridized carbons (Fsp3) is 0.0769. The van der Waals surface area contributed by atoms with Crippen LogP contribution >= 0.6 is 0 Å². The Morgan fingerprint density at radius 2 is 1.62 bits per heavy atom. The number of pyridine rings is 1. The third-order valence-corrected chi connectivity index (χ3v) is 5.50. The van der Waals surface area contributed by atoms with E-state index < -0.39 is 0 Å². The van der Waals surface area contributed by atoms with E-state index in [1.807, 2.05) is 55.6 Å². The van der Waals surface area contributed by atoms with E-state index in [1.165, 1.54) is 29.8 Å². The van der Waals surface area contributed by atoms with Gasteiger partial charge in [0.15, 0.2) is 0 Å². The molecule has 0 aliphatic carbocycles. The number of hydrogen-bond acceptors (Lipinski definition) is 2. The highest BCUT2D eigenvalue weighted by Crippen LogP contribution is 2.33. The third-order valence-electron chi connectivity index (χ3n) is 5.50. The average Bonchev–Trinajstić information content (AvgIpc) is 3.10. The molecule has 0 aliphatic rings. The van der Waals surface area contributed by atoms with Crippen molar-refractivity contribution in [1.82, 2.24) is 9.55 Å². The van der Waals surface area contributed by atoms with Crippen LogP contribution in [0.5, 0.6) is 0 Å². The Morgan fingerprint density at radius 3 is 2.41 bits per heavy atom. The Hall–Kier alpha value is -4.19. The highest BCUT2D eigenvalue weighted by atomic mass is 19.1. The van der Waals surface area contributed by atoms with Crippen molar-refractivity contribution in [1.29, 1.82) is 0 Å². The molecular weight excluding hydrogens is 403 g/mol. The Kier molecular flexibility index (Phi) is 5.03. The van der Waals surface area contributed by atoms with E-state index in [2.05, 4.69) is 32.3 Å². The maximum atomic E-state index is 13.1. The van der Waals surface area contributed by atoms with Gasteiger partial charge in [-0.15, -0.1) is 0 Å². The van der Waals surface area contributed by atoms with Gasteiger partial charge in [0.2, 0.25) is 0 Å². The van der Waals surface area contributed by atoms with Gasteiger partial charge in [0, 0.05) is 40.4 Å². The molecule has 2 N–H and O–H groups in total. The lowest BCUT2D eigenvalue weighted by Crippen LogP contribution is -2.19. The van der Waals surface area contributed by atoms with Crippen molar-refractivity contribution < 1.29 is 9.18 Å². The highest BCUT2D eigenvalue weighted by molar-refractivity contribution is 6.11. The van der Waals surface area contributed by atoms with E-state index in [1.54, 1.807) is 0 Å². The number of anilines is 2. The molecule has 32 heavy (non-hydrogen) atoms. The molecule has 2 amide bonds. The van der Waals surface area contributed by atoms with Gasteiger partial charge in [-0.1, -0.05) is 30.3 Å². The monoisotopic (exact) mass is 424 g/mol. The maximum Gasteiger partial charge on any atom is 0.323 e. The van der Waals surface area contributed by atoms with Crippen molar-refractivity contribution in [3.63, 3.8) is 0 Å². The molecular formula is C26H21FN4O. The molecule has 5 nitrogen and oxygen atoms in total. The lowest BCUT2D eigenvalue weighted by atomic mass is 10.1. The SMILES string of the molecule is Cc1nccc2c3cc(NC(=O)Nc4ccc(F)cc4)ccc3n(Cc3ccccc3)c12. The zero-order valence-corrected chi connectivity index (χ0v) is 17.5. The Morgan fingerprint density at radius 1 is 0.906 bits per heavy atom. The summed E-state index contributed by atoms with van der Waals surface area (Å²) in [6.45, 7) is 2.74. The zero-order valence-electron chi connectivity index (χ0n) is 17.5. The van der Waals surface area contributed by atoms with E-state index in [0.29, 0.717) is 11.4 Å². The quantitative estimate of drug-likeness (QED) is 0.354. The summed E-state index contributed by atoms with van der Waals surface area (Å²) in [6.07, 6.45) is 1.81. The number of rotatable bonds is 4. The van der Waals surface area contributed by atoms with Crippen molar-refractivity contribution in [2.45, 2.75) is 13.5 Å². The molecule has 0 unspecified atom stereocenters. The summed E-state index contributed by atoms with van der Waals surface area (Å²) >= 11 is 0. The first-order valence-corrected chi connectivity index (χ1v) is 10.3. The molecule has 5 rings (SSSR count). The van der Waals surface area contributed by atoms with Gasteiger partial charge < -0.3 is 15.2 Å². The van der Waals surface area contributed by atoms with Crippen LogP contribution in [0.2, 0.25) is 0 Å². The number of fused-ring (bicyclic) bond motifs is 3. The molecule has 2 heterocycles. The normalized spacial score (nSPS) is 11.1. The number of hydrogen-bond donors (Lipinski definition) is 2. The van der Waals surface area contributed by atoms with E-state index in [-0.39, 0.29) is 11.8 Å². The molecule has 158 valence electrons. The second-order valence-corrected chi connectivity index (χ2v) is 7.68. The number of carbonyl (C=O) groups is 1. The molecule has 0 fully saturated rings. The number of benzene rings is 3.